The van der Waals surface area contributed by atoms with Gasteiger partial charge in [-0.2, -0.15) is 8.42 Å². The van der Waals surface area contributed by atoms with E-state index in [9.17, 15) is 13.2 Å². The van der Waals surface area contributed by atoms with Crippen molar-refractivity contribution in [3.05, 3.63) is 0 Å². The molecule has 5 nitrogen and oxygen atoms in total. The Labute approximate surface area is 150 Å². The molecular formula is C19H30O5S. The lowest BCUT2D eigenvalue weighted by Crippen LogP contribution is -2.54. The SMILES string of the molecule is C[C@]12CCC(=O)CC1CC[C@@H]1[C@H]2CC[C@]2(C)C(OS(=O)(=O)O)CC[C@@H]12. The first-order valence-corrected chi connectivity index (χ1v) is 11.2. The first-order chi connectivity index (χ1) is 11.6. The molecule has 0 bridgehead atoms. The lowest BCUT2D eigenvalue weighted by molar-refractivity contribution is -0.141. The number of carbonyl (C=O) groups is 1. The van der Waals surface area contributed by atoms with Gasteiger partial charge in [0.1, 0.15) is 5.78 Å². The van der Waals surface area contributed by atoms with Gasteiger partial charge in [-0.15, -0.1) is 0 Å². The zero-order valence-corrected chi connectivity index (χ0v) is 16.1. The molecule has 2 unspecified atom stereocenters. The van der Waals surface area contributed by atoms with Crippen molar-refractivity contribution in [3.8, 4) is 0 Å². The summed E-state index contributed by atoms with van der Waals surface area (Å²) in [6.07, 6.45) is 8.12. The lowest BCUT2D eigenvalue weighted by Gasteiger charge is -2.60. The van der Waals surface area contributed by atoms with Crippen molar-refractivity contribution >= 4 is 16.2 Å². The van der Waals surface area contributed by atoms with Gasteiger partial charge in [0.25, 0.3) is 0 Å². The highest BCUT2D eigenvalue weighted by molar-refractivity contribution is 7.80. The van der Waals surface area contributed by atoms with Crippen LogP contribution in [0.2, 0.25) is 0 Å². The van der Waals surface area contributed by atoms with E-state index in [1.54, 1.807) is 0 Å². The van der Waals surface area contributed by atoms with Crippen LogP contribution in [-0.4, -0.2) is 24.9 Å². The molecule has 7 atom stereocenters. The van der Waals surface area contributed by atoms with Crippen molar-refractivity contribution in [2.24, 2.45) is 34.5 Å². The number of carbonyl (C=O) groups excluding carboxylic acids is 1. The van der Waals surface area contributed by atoms with Crippen LogP contribution in [0.15, 0.2) is 0 Å². The molecule has 1 N–H and O–H groups in total. The maximum absolute atomic E-state index is 11.9. The monoisotopic (exact) mass is 370 g/mol. The zero-order valence-electron chi connectivity index (χ0n) is 15.2. The van der Waals surface area contributed by atoms with Gasteiger partial charge in [-0.3, -0.25) is 9.35 Å². The molecule has 25 heavy (non-hydrogen) atoms. The van der Waals surface area contributed by atoms with Gasteiger partial charge in [0.05, 0.1) is 6.10 Å². The summed E-state index contributed by atoms with van der Waals surface area (Å²) in [6, 6.07) is 0. The molecule has 0 aromatic rings. The van der Waals surface area contributed by atoms with Crippen molar-refractivity contribution in [1.82, 2.24) is 0 Å². The van der Waals surface area contributed by atoms with Crippen LogP contribution in [-0.2, 0) is 19.4 Å². The first-order valence-electron chi connectivity index (χ1n) is 9.81. The van der Waals surface area contributed by atoms with E-state index in [4.69, 9.17) is 8.74 Å². The van der Waals surface area contributed by atoms with Gasteiger partial charge in [-0.25, -0.2) is 4.18 Å². The fraction of sp³-hybridized carbons (Fsp3) is 0.947. The van der Waals surface area contributed by atoms with Gasteiger partial charge < -0.3 is 0 Å². The molecule has 0 aliphatic heterocycles. The maximum atomic E-state index is 11.9. The van der Waals surface area contributed by atoms with Crippen LogP contribution in [0.25, 0.3) is 0 Å². The molecule has 4 rings (SSSR count). The molecule has 4 aliphatic rings. The predicted octanol–water partition coefficient (Wildman–Crippen LogP) is 3.79. The molecule has 0 aromatic carbocycles. The van der Waals surface area contributed by atoms with E-state index >= 15 is 0 Å². The summed E-state index contributed by atoms with van der Waals surface area (Å²) in [5.41, 5.74) is 0.102. The summed E-state index contributed by atoms with van der Waals surface area (Å²) >= 11 is 0. The average molecular weight is 371 g/mol. The van der Waals surface area contributed by atoms with Gasteiger partial charge in [0, 0.05) is 12.8 Å². The van der Waals surface area contributed by atoms with Crippen molar-refractivity contribution in [3.63, 3.8) is 0 Å². The van der Waals surface area contributed by atoms with E-state index in [-0.39, 0.29) is 10.8 Å². The number of rotatable bonds is 2. The third-order valence-electron chi connectivity index (χ3n) is 8.63. The zero-order chi connectivity index (χ0) is 18.0. The van der Waals surface area contributed by atoms with Crippen LogP contribution < -0.4 is 0 Å². The third-order valence-corrected chi connectivity index (χ3v) is 9.11. The van der Waals surface area contributed by atoms with E-state index in [1.165, 1.54) is 0 Å². The Bertz CT molecular complexity index is 673. The molecule has 0 spiro atoms. The fourth-order valence-electron chi connectivity index (χ4n) is 7.30. The Morgan fingerprint density at radius 1 is 1.00 bits per heavy atom. The van der Waals surface area contributed by atoms with E-state index in [0.29, 0.717) is 35.9 Å². The maximum Gasteiger partial charge on any atom is 0.397 e. The minimum absolute atomic E-state index is 0.162. The molecule has 4 saturated carbocycles. The summed E-state index contributed by atoms with van der Waals surface area (Å²) in [5.74, 6) is 2.67. The molecular weight excluding hydrogens is 340 g/mol. The summed E-state index contributed by atoms with van der Waals surface area (Å²) in [5, 5.41) is 0. The molecule has 142 valence electrons. The highest BCUT2D eigenvalue weighted by atomic mass is 32.3. The van der Waals surface area contributed by atoms with Crippen molar-refractivity contribution < 1.29 is 21.9 Å². The molecule has 0 saturated heterocycles. The van der Waals surface area contributed by atoms with Crippen molar-refractivity contribution in [2.45, 2.75) is 77.7 Å². The summed E-state index contributed by atoms with van der Waals surface area (Å²) in [4.78, 5) is 11.9. The Morgan fingerprint density at radius 3 is 2.44 bits per heavy atom. The van der Waals surface area contributed by atoms with Crippen molar-refractivity contribution in [1.29, 1.82) is 0 Å². The number of hydrogen-bond donors (Lipinski definition) is 1. The van der Waals surface area contributed by atoms with E-state index in [2.05, 4.69) is 13.8 Å². The topological polar surface area (TPSA) is 80.7 Å². The minimum atomic E-state index is -4.40. The van der Waals surface area contributed by atoms with Crippen LogP contribution in [0.3, 0.4) is 0 Å². The van der Waals surface area contributed by atoms with Crippen LogP contribution in [0.1, 0.15) is 71.6 Å². The number of ketones is 1. The van der Waals surface area contributed by atoms with Crippen LogP contribution in [0.4, 0.5) is 0 Å². The first kappa shape index (κ1) is 17.9. The van der Waals surface area contributed by atoms with Gasteiger partial charge >= 0.3 is 10.4 Å². The minimum Gasteiger partial charge on any atom is -0.300 e. The molecule has 0 amide bonds. The number of hydrogen-bond acceptors (Lipinski definition) is 4. The van der Waals surface area contributed by atoms with Gasteiger partial charge in [0.2, 0.25) is 0 Å². The summed E-state index contributed by atoms with van der Waals surface area (Å²) in [6.45, 7) is 4.57. The Kier molecular flexibility index (Phi) is 4.14. The fourth-order valence-corrected chi connectivity index (χ4v) is 7.91. The van der Waals surface area contributed by atoms with Crippen LogP contribution in [0.5, 0.6) is 0 Å². The Balaban J connectivity index is 1.59. The molecule has 0 radical (unpaired) electrons. The average Bonchev–Trinajstić information content (AvgIpc) is 2.83. The molecule has 4 fully saturated rings. The summed E-state index contributed by atoms with van der Waals surface area (Å²) in [7, 11) is -4.40. The second-order valence-electron chi connectivity index (χ2n) is 9.53. The third kappa shape index (κ3) is 2.79. The molecule has 4 aliphatic carbocycles. The second kappa shape index (κ2) is 5.77. The quantitative estimate of drug-likeness (QED) is 0.748. The summed E-state index contributed by atoms with van der Waals surface area (Å²) < 4.78 is 36.7. The smallest absolute Gasteiger partial charge is 0.300 e. The highest BCUT2D eigenvalue weighted by Gasteiger charge is 2.61. The van der Waals surface area contributed by atoms with Crippen LogP contribution in [0, 0.1) is 34.5 Å². The number of fused-ring (bicyclic) bond motifs is 5. The predicted molar refractivity (Wildman–Crippen MR) is 93.2 cm³/mol. The van der Waals surface area contributed by atoms with Crippen LogP contribution >= 0.6 is 0 Å². The lowest BCUT2D eigenvalue weighted by atomic mass is 9.45. The van der Waals surface area contributed by atoms with E-state index in [0.717, 1.165) is 51.4 Å². The molecule has 6 heteroatoms. The highest BCUT2D eigenvalue weighted by Crippen LogP contribution is 2.66. The van der Waals surface area contributed by atoms with Gasteiger partial charge in [0.15, 0.2) is 0 Å². The Hall–Kier alpha value is -0.460. The molecule has 0 aromatic heterocycles. The largest absolute Gasteiger partial charge is 0.397 e. The standard InChI is InChI=1S/C19H30O5S/c1-18-9-7-13(20)11-12(18)3-4-14-15-5-6-17(24-25(21,22)23)19(15,2)10-8-16(14)18/h12,14-17H,3-11H2,1-2H3,(H,21,22,23)/t12?,14-,15-,16+,17?,18-,19-/m0/s1. The number of Topliss-reactive ketones (excluding diaryl/α,β-unsaturated/α-hetero) is 1. The van der Waals surface area contributed by atoms with Gasteiger partial charge in [-0.05, 0) is 79.4 Å². The van der Waals surface area contributed by atoms with E-state index < -0.39 is 16.5 Å². The second-order valence-corrected chi connectivity index (χ2v) is 10.6. The van der Waals surface area contributed by atoms with Crippen molar-refractivity contribution in [2.75, 3.05) is 0 Å². The Morgan fingerprint density at radius 2 is 1.72 bits per heavy atom. The van der Waals surface area contributed by atoms with E-state index in [1.807, 2.05) is 0 Å². The van der Waals surface area contributed by atoms with Gasteiger partial charge in [-0.1, -0.05) is 13.8 Å². The normalized spacial score (nSPS) is 50.0. The molecule has 0 heterocycles.